The molecule has 0 bridgehead atoms. The summed E-state index contributed by atoms with van der Waals surface area (Å²) < 4.78 is 13.8. The van der Waals surface area contributed by atoms with E-state index in [1.54, 1.807) is 18.3 Å². The maximum atomic E-state index is 13.8. The predicted octanol–water partition coefficient (Wildman–Crippen LogP) is 2.56. The molecule has 2 aliphatic heterocycles. The molecule has 2 aliphatic rings. The van der Waals surface area contributed by atoms with Gasteiger partial charge >= 0.3 is 0 Å². The molecular formula is C17H20FN3. The molecule has 1 aromatic heterocycles. The highest BCUT2D eigenvalue weighted by Gasteiger charge is 2.34. The summed E-state index contributed by atoms with van der Waals surface area (Å²) in [5.41, 5.74) is 1.94. The number of halogens is 1. The first-order valence-electron chi connectivity index (χ1n) is 7.78. The number of rotatable bonds is 2. The number of nitrogens with zero attached hydrogens (tertiary/aromatic N) is 2. The quantitative estimate of drug-likeness (QED) is 0.919. The van der Waals surface area contributed by atoms with Crippen LogP contribution in [0.4, 0.5) is 4.39 Å². The minimum absolute atomic E-state index is 0.166. The zero-order chi connectivity index (χ0) is 14.2. The van der Waals surface area contributed by atoms with E-state index in [1.807, 2.05) is 12.1 Å². The minimum atomic E-state index is -0.166. The van der Waals surface area contributed by atoms with Crippen LogP contribution in [0.25, 0.3) is 10.9 Å². The van der Waals surface area contributed by atoms with Crippen molar-refractivity contribution in [3.05, 3.63) is 41.8 Å². The first-order chi connectivity index (χ1) is 10.3. The van der Waals surface area contributed by atoms with E-state index < -0.39 is 0 Å². The fourth-order valence-corrected chi connectivity index (χ4v) is 3.85. The molecule has 0 spiro atoms. The van der Waals surface area contributed by atoms with E-state index in [-0.39, 0.29) is 5.82 Å². The minimum Gasteiger partial charge on any atom is -0.312 e. The lowest BCUT2D eigenvalue weighted by Crippen LogP contribution is -2.40. The van der Waals surface area contributed by atoms with E-state index in [9.17, 15) is 4.39 Å². The third kappa shape index (κ3) is 2.54. The molecule has 0 amide bonds. The second kappa shape index (κ2) is 5.35. The van der Waals surface area contributed by atoms with Gasteiger partial charge in [0, 0.05) is 37.3 Å². The Labute approximate surface area is 124 Å². The normalized spacial score (nSPS) is 26.1. The lowest BCUT2D eigenvalue weighted by atomic mass is 9.94. The third-order valence-electron chi connectivity index (χ3n) is 4.82. The summed E-state index contributed by atoms with van der Waals surface area (Å²) in [5, 5.41) is 4.50. The number of hydrogen-bond donors (Lipinski definition) is 1. The van der Waals surface area contributed by atoms with Crippen LogP contribution in [0.1, 0.15) is 18.4 Å². The molecule has 3 nitrogen and oxygen atoms in total. The van der Waals surface area contributed by atoms with Gasteiger partial charge in [0.2, 0.25) is 0 Å². The van der Waals surface area contributed by atoms with Gasteiger partial charge in [-0.15, -0.1) is 0 Å². The molecule has 1 N–H and O–H groups in total. The molecule has 1 aromatic carbocycles. The van der Waals surface area contributed by atoms with Crippen LogP contribution in [0, 0.1) is 11.7 Å². The van der Waals surface area contributed by atoms with Crippen molar-refractivity contribution in [1.82, 2.24) is 15.2 Å². The molecule has 110 valence electrons. The van der Waals surface area contributed by atoms with E-state index in [0.29, 0.717) is 6.04 Å². The van der Waals surface area contributed by atoms with Crippen LogP contribution in [0.3, 0.4) is 0 Å². The van der Waals surface area contributed by atoms with E-state index in [0.717, 1.165) is 48.6 Å². The SMILES string of the molecule is Fc1cc(CN2CC3CCCNC3C2)c2ncccc2c1. The van der Waals surface area contributed by atoms with Crippen LogP contribution in [-0.4, -0.2) is 35.6 Å². The Morgan fingerprint density at radius 1 is 1.33 bits per heavy atom. The molecule has 0 radical (unpaired) electrons. The van der Waals surface area contributed by atoms with Crippen LogP contribution in [0.5, 0.6) is 0 Å². The fourth-order valence-electron chi connectivity index (χ4n) is 3.85. The van der Waals surface area contributed by atoms with Crippen molar-refractivity contribution in [2.24, 2.45) is 5.92 Å². The molecule has 2 aromatic rings. The number of likely N-dealkylation sites (tertiary alicyclic amines) is 1. The Bertz CT molecular complexity index is 644. The van der Waals surface area contributed by atoms with Gasteiger partial charge in [0.1, 0.15) is 5.82 Å². The summed E-state index contributed by atoms with van der Waals surface area (Å²) in [6, 6.07) is 7.62. The number of fused-ring (bicyclic) bond motifs is 2. The molecule has 21 heavy (non-hydrogen) atoms. The van der Waals surface area contributed by atoms with E-state index >= 15 is 0 Å². The summed E-state index contributed by atoms with van der Waals surface area (Å²) in [4.78, 5) is 6.89. The summed E-state index contributed by atoms with van der Waals surface area (Å²) in [7, 11) is 0. The van der Waals surface area contributed by atoms with E-state index in [2.05, 4.69) is 15.2 Å². The topological polar surface area (TPSA) is 28.2 Å². The van der Waals surface area contributed by atoms with Gasteiger partial charge in [-0.2, -0.15) is 0 Å². The Morgan fingerprint density at radius 3 is 3.19 bits per heavy atom. The van der Waals surface area contributed by atoms with Crippen LogP contribution in [0.15, 0.2) is 30.5 Å². The second-order valence-corrected chi connectivity index (χ2v) is 6.30. The molecule has 2 fully saturated rings. The van der Waals surface area contributed by atoms with Crippen molar-refractivity contribution in [3.8, 4) is 0 Å². The predicted molar refractivity (Wildman–Crippen MR) is 81.5 cm³/mol. The number of aromatic nitrogens is 1. The highest BCUT2D eigenvalue weighted by Crippen LogP contribution is 2.27. The summed E-state index contributed by atoms with van der Waals surface area (Å²) in [5.74, 6) is 0.590. The Kier molecular flexibility index (Phi) is 3.36. The van der Waals surface area contributed by atoms with Crippen LogP contribution in [-0.2, 0) is 6.54 Å². The molecule has 0 saturated carbocycles. The Morgan fingerprint density at radius 2 is 2.29 bits per heavy atom. The summed E-state index contributed by atoms with van der Waals surface area (Å²) in [6.45, 7) is 4.11. The van der Waals surface area contributed by atoms with E-state index in [1.165, 1.54) is 12.8 Å². The molecule has 2 saturated heterocycles. The van der Waals surface area contributed by atoms with Gasteiger partial charge in [0.25, 0.3) is 0 Å². The van der Waals surface area contributed by atoms with Gasteiger partial charge in [-0.1, -0.05) is 6.07 Å². The molecular weight excluding hydrogens is 265 g/mol. The van der Waals surface area contributed by atoms with Crippen molar-refractivity contribution in [1.29, 1.82) is 0 Å². The van der Waals surface area contributed by atoms with Gasteiger partial charge in [-0.3, -0.25) is 9.88 Å². The lowest BCUT2D eigenvalue weighted by Gasteiger charge is -2.24. The molecule has 2 atom stereocenters. The first kappa shape index (κ1) is 13.2. The third-order valence-corrected chi connectivity index (χ3v) is 4.82. The van der Waals surface area contributed by atoms with Gasteiger partial charge in [0.05, 0.1) is 5.52 Å². The van der Waals surface area contributed by atoms with Crippen molar-refractivity contribution in [2.45, 2.75) is 25.4 Å². The van der Waals surface area contributed by atoms with Crippen LogP contribution >= 0.6 is 0 Å². The smallest absolute Gasteiger partial charge is 0.124 e. The fraction of sp³-hybridized carbons (Fsp3) is 0.471. The number of pyridine rings is 1. The average Bonchev–Trinajstić information content (AvgIpc) is 2.89. The monoisotopic (exact) mass is 285 g/mol. The summed E-state index contributed by atoms with van der Waals surface area (Å²) >= 11 is 0. The zero-order valence-corrected chi connectivity index (χ0v) is 12.1. The molecule has 2 unspecified atom stereocenters. The molecule has 4 rings (SSSR count). The Balaban J connectivity index is 1.60. The van der Waals surface area contributed by atoms with Crippen LogP contribution < -0.4 is 5.32 Å². The van der Waals surface area contributed by atoms with E-state index in [4.69, 9.17) is 0 Å². The first-order valence-corrected chi connectivity index (χ1v) is 7.78. The standard InChI is InChI=1S/C17H20FN3/c18-15-7-12-3-1-6-20-17(12)14(8-15)10-21-9-13-4-2-5-19-16(13)11-21/h1,3,6-8,13,16,19H,2,4-5,9-11H2. The number of benzene rings is 1. The second-order valence-electron chi connectivity index (χ2n) is 6.30. The number of hydrogen-bond acceptors (Lipinski definition) is 3. The van der Waals surface area contributed by atoms with Gasteiger partial charge in [-0.05, 0) is 49.1 Å². The maximum Gasteiger partial charge on any atom is 0.124 e. The number of piperidine rings is 1. The zero-order valence-electron chi connectivity index (χ0n) is 12.1. The maximum absolute atomic E-state index is 13.8. The highest BCUT2D eigenvalue weighted by atomic mass is 19.1. The van der Waals surface area contributed by atoms with Crippen molar-refractivity contribution in [2.75, 3.05) is 19.6 Å². The van der Waals surface area contributed by atoms with Gasteiger partial charge in [-0.25, -0.2) is 4.39 Å². The van der Waals surface area contributed by atoms with Gasteiger partial charge in [0.15, 0.2) is 0 Å². The van der Waals surface area contributed by atoms with Gasteiger partial charge < -0.3 is 5.32 Å². The van der Waals surface area contributed by atoms with Crippen molar-refractivity contribution >= 4 is 10.9 Å². The molecule has 0 aliphatic carbocycles. The van der Waals surface area contributed by atoms with Crippen molar-refractivity contribution < 1.29 is 4.39 Å². The molecule has 4 heteroatoms. The highest BCUT2D eigenvalue weighted by molar-refractivity contribution is 5.81. The van der Waals surface area contributed by atoms with Crippen LogP contribution in [0.2, 0.25) is 0 Å². The Hall–Kier alpha value is -1.52. The largest absolute Gasteiger partial charge is 0.312 e. The lowest BCUT2D eigenvalue weighted by molar-refractivity contribution is 0.313. The number of nitrogens with one attached hydrogen (secondary N) is 1. The average molecular weight is 285 g/mol. The van der Waals surface area contributed by atoms with Crippen molar-refractivity contribution in [3.63, 3.8) is 0 Å². The summed E-state index contributed by atoms with van der Waals surface area (Å²) in [6.07, 6.45) is 4.38. The molecule has 3 heterocycles.